The van der Waals surface area contributed by atoms with Crippen LogP contribution in [0.4, 0.5) is 0 Å². The first-order chi connectivity index (χ1) is 17.2. The molecule has 2 aromatic heterocycles. The third-order valence-corrected chi connectivity index (χ3v) is 6.52. The molecule has 4 aromatic rings. The minimum Gasteiger partial charge on any atom is -0.367 e. The molecule has 6 heteroatoms. The Morgan fingerprint density at radius 3 is 2.40 bits per heavy atom. The van der Waals surface area contributed by atoms with Crippen LogP contribution in [0, 0.1) is 0 Å². The van der Waals surface area contributed by atoms with E-state index in [1.807, 2.05) is 71.8 Å². The van der Waals surface area contributed by atoms with Gasteiger partial charge in [0.05, 0.1) is 5.69 Å². The minimum atomic E-state index is -0.610. The predicted molar refractivity (Wildman–Crippen MR) is 135 cm³/mol. The summed E-state index contributed by atoms with van der Waals surface area (Å²) in [5.74, 6) is 0.762. The van der Waals surface area contributed by atoms with Gasteiger partial charge in [-0.3, -0.25) is 9.78 Å². The lowest BCUT2D eigenvalue weighted by Gasteiger charge is -2.35. The van der Waals surface area contributed by atoms with E-state index in [1.54, 1.807) is 19.5 Å². The molecule has 1 fully saturated rings. The van der Waals surface area contributed by atoms with E-state index < -0.39 is 6.10 Å². The van der Waals surface area contributed by atoms with Crippen molar-refractivity contribution in [1.82, 2.24) is 19.9 Å². The zero-order valence-corrected chi connectivity index (χ0v) is 19.7. The number of amides is 1. The number of hydrogen-bond donors (Lipinski definition) is 0. The lowest BCUT2D eigenvalue weighted by molar-refractivity contribution is -0.143. The minimum absolute atomic E-state index is 0.00641. The molecular formula is C29H28N4O2. The van der Waals surface area contributed by atoms with Crippen LogP contribution in [0.15, 0.2) is 91.4 Å². The Kier molecular flexibility index (Phi) is 6.91. The molecule has 1 saturated heterocycles. The van der Waals surface area contributed by atoms with Crippen LogP contribution in [0.2, 0.25) is 0 Å². The Morgan fingerprint density at radius 1 is 0.971 bits per heavy atom. The van der Waals surface area contributed by atoms with Crippen molar-refractivity contribution >= 4 is 5.91 Å². The number of carbonyl (C=O) groups is 1. The van der Waals surface area contributed by atoms with E-state index in [1.165, 1.54) is 0 Å². The molecule has 0 aliphatic carbocycles. The summed E-state index contributed by atoms with van der Waals surface area (Å²) < 4.78 is 5.64. The van der Waals surface area contributed by atoms with Gasteiger partial charge < -0.3 is 9.64 Å². The number of rotatable bonds is 6. The van der Waals surface area contributed by atoms with E-state index in [2.05, 4.69) is 22.1 Å². The number of benzene rings is 2. The number of hydrogen-bond acceptors (Lipinski definition) is 5. The van der Waals surface area contributed by atoms with E-state index >= 15 is 0 Å². The van der Waals surface area contributed by atoms with Gasteiger partial charge in [-0.2, -0.15) is 0 Å². The predicted octanol–water partition coefficient (Wildman–Crippen LogP) is 5.30. The summed E-state index contributed by atoms with van der Waals surface area (Å²) in [4.78, 5) is 29.3. The second kappa shape index (κ2) is 10.6. The standard InChI is InChI=1S/C29H28N4O2/c1-35-27(22-11-6-3-7-12-22)29(34)33-18-8-13-24(20-33)26-25(21-9-4-2-5-10-21)19-31-28(32-26)23-14-16-30-17-15-23/h2-7,9-12,14-17,19,24,27H,8,13,18,20H2,1H3/t24-,27-/m0/s1. The van der Waals surface area contributed by atoms with Crippen molar-refractivity contribution < 1.29 is 9.53 Å². The Labute approximate surface area is 205 Å². The van der Waals surface area contributed by atoms with Crippen LogP contribution in [0.5, 0.6) is 0 Å². The molecule has 0 bridgehead atoms. The molecule has 0 spiro atoms. The average Bonchev–Trinajstić information content (AvgIpc) is 2.95. The zero-order valence-electron chi connectivity index (χ0n) is 19.7. The number of likely N-dealkylation sites (tertiary alicyclic amines) is 1. The third kappa shape index (κ3) is 4.98. The topological polar surface area (TPSA) is 68.2 Å². The molecular weight excluding hydrogens is 436 g/mol. The maximum absolute atomic E-state index is 13.5. The molecule has 0 radical (unpaired) electrons. The molecule has 3 heterocycles. The lowest BCUT2D eigenvalue weighted by Crippen LogP contribution is -2.42. The number of carbonyl (C=O) groups excluding carboxylic acids is 1. The SMILES string of the molecule is CO[C@H](C(=O)N1CCC[C@H](c2nc(-c3ccncc3)ncc2-c2ccccc2)C1)c1ccccc1. The lowest BCUT2D eigenvalue weighted by atomic mass is 9.89. The highest BCUT2D eigenvalue weighted by atomic mass is 16.5. The van der Waals surface area contributed by atoms with Crippen molar-refractivity contribution in [3.63, 3.8) is 0 Å². The zero-order chi connectivity index (χ0) is 24.0. The summed E-state index contributed by atoms with van der Waals surface area (Å²) in [7, 11) is 1.59. The molecule has 1 amide bonds. The fourth-order valence-electron chi connectivity index (χ4n) is 4.76. The molecule has 1 aliphatic heterocycles. The molecule has 0 unspecified atom stereocenters. The summed E-state index contributed by atoms with van der Waals surface area (Å²) >= 11 is 0. The van der Waals surface area contributed by atoms with E-state index in [-0.39, 0.29) is 11.8 Å². The van der Waals surface area contributed by atoms with Crippen LogP contribution >= 0.6 is 0 Å². The molecule has 5 rings (SSSR count). The van der Waals surface area contributed by atoms with E-state index in [0.717, 1.165) is 40.8 Å². The van der Waals surface area contributed by atoms with Crippen LogP contribution in [-0.4, -0.2) is 46.0 Å². The number of nitrogens with zero attached hydrogens (tertiary/aromatic N) is 4. The highest BCUT2D eigenvalue weighted by Gasteiger charge is 2.32. The van der Waals surface area contributed by atoms with Crippen LogP contribution in [0.25, 0.3) is 22.5 Å². The Hall–Kier alpha value is -3.90. The summed E-state index contributed by atoms with van der Waals surface area (Å²) in [5.41, 5.74) is 4.85. The highest BCUT2D eigenvalue weighted by molar-refractivity contribution is 5.82. The smallest absolute Gasteiger partial charge is 0.256 e. The van der Waals surface area contributed by atoms with Gasteiger partial charge in [-0.05, 0) is 36.1 Å². The molecule has 176 valence electrons. The summed E-state index contributed by atoms with van der Waals surface area (Å²) in [6.07, 6.45) is 6.67. The van der Waals surface area contributed by atoms with Gasteiger partial charge >= 0.3 is 0 Å². The van der Waals surface area contributed by atoms with Gasteiger partial charge in [-0.1, -0.05) is 60.7 Å². The van der Waals surface area contributed by atoms with Gasteiger partial charge in [0.15, 0.2) is 11.9 Å². The molecule has 0 saturated carbocycles. The van der Waals surface area contributed by atoms with Crippen LogP contribution in [-0.2, 0) is 9.53 Å². The Balaban J connectivity index is 1.48. The molecule has 2 atom stereocenters. The van der Waals surface area contributed by atoms with Gasteiger partial charge in [0.25, 0.3) is 5.91 Å². The maximum atomic E-state index is 13.5. The monoisotopic (exact) mass is 464 g/mol. The van der Waals surface area contributed by atoms with Crippen LogP contribution < -0.4 is 0 Å². The fraction of sp³-hybridized carbons (Fsp3) is 0.241. The molecule has 6 nitrogen and oxygen atoms in total. The van der Waals surface area contributed by atoms with Crippen molar-refractivity contribution in [2.45, 2.75) is 24.9 Å². The number of aromatic nitrogens is 3. The van der Waals surface area contributed by atoms with Gasteiger partial charge in [0, 0.05) is 55.8 Å². The van der Waals surface area contributed by atoms with E-state index in [4.69, 9.17) is 9.72 Å². The molecule has 0 N–H and O–H groups in total. The van der Waals surface area contributed by atoms with Crippen molar-refractivity contribution in [3.8, 4) is 22.5 Å². The quantitative estimate of drug-likeness (QED) is 0.387. The number of pyridine rings is 1. The average molecular weight is 465 g/mol. The molecule has 2 aromatic carbocycles. The fourth-order valence-corrected chi connectivity index (χ4v) is 4.76. The van der Waals surface area contributed by atoms with Crippen molar-refractivity contribution in [1.29, 1.82) is 0 Å². The second-order valence-electron chi connectivity index (χ2n) is 8.74. The van der Waals surface area contributed by atoms with Crippen molar-refractivity contribution in [2.24, 2.45) is 0 Å². The molecule has 1 aliphatic rings. The van der Waals surface area contributed by atoms with Gasteiger partial charge in [-0.15, -0.1) is 0 Å². The first-order valence-corrected chi connectivity index (χ1v) is 11.9. The third-order valence-electron chi connectivity index (χ3n) is 6.52. The first-order valence-electron chi connectivity index (χ1n) is 11.9. The normalized spacial score (nSPS) is 16.6. The highest BCUT2D eigenvalue weighted by Crippen LogP contribution is 2.35. The van der Waals surface area contributed by atoms with Crippen molar-refractivity contribution in [3.05, 3.63) is 103 Å². The Morgan fingerprint density at radius 2 is 1.69 bits per heavy atom. The molecule has 35 heavy (non-hydrogen) atoms. The van der Waals surface area contributed by atoms with Gasteiger partial charge in [-0.25, -0.2) is 9.97 Å². The second-order valence-corrected chi connectivity index (χ2v) is 8.74. The number of methoxy groups -OCH3 is 1. The largest absolute Gasteiger partial charge is 0.367 e. The summed E-state index contributed by atoms with van der Waals surface area (Å²) in [6.45, 7) is 1.31. The van der Waals surface area contributed by atoms with E-state index in [0.29, 0.717) is 18.9 Å². The van der Waals surface area contributed by atoms with Crippen molar-refractivity contribution in [2.75, 3.05) is 20.2 Å². The summed E-state index contributed by atoms with van der Waals surface area (Å²) in [5, 5.41) is 0. The van der Waals surface area contributed by atoms with Gasteiger partial charge in [0.1, 0.15) is 0 Å². The number of ether oxygens (including phenoxy) is 1. The van der Waals surface area contributed by atoms with Crippen LogP contribution in [0.3, 0.4) is 0 Å². The van der Waals surface area contributed by atoms with Gasteiger partial charge in [0.2, 0.25) is 0 Å². The number of piperidine rings is 1. The Bertz CT molecular complexity index is 1270. The van der Waals surface area contributed by atoms with Crippen LogP contribution in [0.1, 0.15) is 36.1 Å². The first kappa shape index (κ1) is 22.9. The maximum Gasteiger partial charge on any atom is 0.256 e. The van der Waals surface area contributed by atoms with E-state index in [9.17, 15) is 4.79 Å². The summed E-state index contributed by atoms with van der Waals surface area (Å²) in [6, 6.07) is 23.7.